The standard InChI is InChI=1S/C37H52ClN3O10.CH2S/c1-20(2)14-30(42)40(7)23(5)34(44)50-29-18-31(43)41(8)25-16-24(17-26(47-9)32(25)38)15-21(3)12-11-13-28(48-10)37(46)19-27(49-35(45)39-37)22(4)33-36(29,6)51-33;1-2/h11-13,16-17,20,22-23,27-29,33,46H,14-15,18-19H2,1-10H3,(H,39,45);1H2/b13-11+,21-12+;/t22-,23+,27+,28-,29+,33+,36+,37+;/m1./s1. The Labute approximate surface area is 322 Å². The van der Waals surface area contributed by atoms with Crippen LogP contribution in [-0.2, 0) is 39.8 Å². The highest BCUT2D eigenvalue weighted by atomic mass is 35.5. The van der Waals surface area contributed by atoms with Gasteiger partial charge in [0.2, 0.25) is 11.8 Å². The number of fused-ring (bicyclic) bond motifs is 5. The number of amides is 3. The monoisotopic (exact) mass is 779 g/mol. The Kier molecular flexibility index (Phi) is 15.0. The van der Waals surface area contributed by atoms with Crippen molar-refractivity contribution in [3.05, 3.63) is 46.5 Å². The minimum Gasteiger partial charge on any atom is -0.495 e. The molecule has 0 radical (unpaired) electrons. The quantitative estimate of drug-likeness (QED) is 0.214. The van der Waals surface area contributed by atoms with Gasteiger partial charge in [-0.1, -0.05) is 68.4 Å². The van der Waals surface area contributed by atoms with Crippen LogP contribution in [-0.4, -0.2) is 110 Å². The van der Waals surface area contributed by atoms with Gasteiger partial charge in [0.1, 0.15) is 40.7 Å². The average molecular weight is 780 g/mol. The van der Waals surface area contributed by atoms with Gasteiger partial charge in [-0.2, -0.15) is 0 Å². The van der Waals surface area contributed by atoms with E-state index >= 15 is 0 Å². The molecule has 3 aliphatic heterocycles. The number of allylic oxidation sites excluding steroid dienone is 3. The molecule has 53 heavy (non-hydrogen) atoms. The molecule has 3 amide bonds. The molecule has 0 unspecified atom stereocenters. The average Bonchev–Trinajstić information content (AvgIpc) is 3.80. The molecule has 2 fully saturated rings. The number of rotatable bonds is 7. The normalized spacial score (nSPS) is 30.9. The topological polar surface area (TPSA) is 156 Å². The molecule has 2 N–H and O–H groups in total. The molecule has 8 atom stereocenters. The van der Waals surface area contributed by atoms with Crippen LogP contribution in [0.4, 0.5) is 10.5 Å². The second-order valence-corrected chi connectivity index (χ2v) is 14.9. The summed E-state index contributed by atoms with van der Waals surface area (Å²) in [6.07, 6.45) is 1.26. The van der Waals surface area contributed by atoms with Gasteiger partial charge in [-0.15, -0.1) is 0 Å². The predicted octanol–water partition coefficient (Wildman–Crippen LogP) is 5.18. The van der Waals surface area contributed by atoms with E-state index in [0.29, 0.717) is 17.9 Å². The minimum absolute atomic E-state index is 0.0442. The number of anilines is 1. The molecule has 3 heterocycles. The number of aliphatic hydroxyl groups is 1. The Morgan fingerprint density at radius 1 is 1.23 bits per heavy atom. The van der Waals surface area contributed by atoms with Crippen molar-refractivity contribution in [1.82, 2.24) is 10.2 Å². The number of carbonyl (C=O) groups excluding carboxylic acids is 4. The smallest absolute Gasteiger partial charge is 0.409 e. The zero-order valence-corrected chi connectivity index (χ0v) is 33.8. The first-order chi connectivity index (χ1) is 24.8. The summed E-state index contributed by atoms with van der Waals surface area (Å²) in [6.45, 7) is 10.8. The van der Waals surface area contributed by atoms with Crippen LogP contribution in [0.2, 0.25) is 5.02 Å². The summed E-state index contributed by atoms with van der Waals surface area (Å²) in [4.78, 5) is 56.1. The van der Waals surface area contributed by atoms with Crippen LogP contribution >= 0.6 is 23.8 Å². The Morgan fingerprint density at radius 2 is 1.89 bits per heavy atom. The Balaban J connectivity index is 0.00000372. The lowest BCUT2D eigenvalue weighted by molar-refractivity contribution is -0.162. The van der Waals surface area contributed by atoms with Crippen LogP contribution in [0, 0.1) is 11.8 Å². The number of alkyl carbamates (subject to hydrolysis) is 1. The van der Waals surface area contributed by atoms with Crippen LogP contribution in [0.1, 0.15) is 66.4 Å². The molecule has 0 aromatic heterocycles. The molecule has 2 saturated heterocycles. The minimum atomic E-state index is -1.82. The van der Waals surface area contributed by atoms with E-state index < -0.39 is 65.7 Å². The summed E-state index contributed by atoms with van der Waals surface area (Å²) >= 11 is 10.6. The van der Waals surface area contributed by atoms with Gasteiger partial charge in [0, 0.05) is 40.0 Å². The molecule has 4 rings (SSSR count). The molecule has 13 nitrogen and oxygen atoms in total. The third-order valence-electron chi connectivity index (χ3n) is 10.1. The van der Waals surface area contributed by atoms with Crippen molar-refractivity contribution in [3.8, 4) is 5.75 Å². The van der Waals surface area contributed by atoms with Gasteiger partial charge in [-0.3, -0.25) is 14.9 Å². The maximum Gasteiger partial charge on any atom is 0.409 e. The highest BCUT2D eigenvalue weighted by Gasteiger charge is 2.64. The van der Waals surface area contributed by atoms with Gasteiger partial charge < -0.3 is 38.6 Å². The lowest BCUT2D eigenvalue weighted by atomic mass is 9.83. The number of carbonyl (C=O) groups is 4. The van der Waals surface area contributed by atoms with E-state index in [2.05, 4.69) is 23.4 Å². The second kappa shape index (κ2) is 18.2. The molecule has 0 aliphatic carbocycles. The third-order valence-corrected chi connectivity index (χ3v) is 10.5. The van der Waals surface area contributed by atoms with Gasteiger partial charge in [0.25, 0.3) is 0 Å². The Hall–Kier alpha value is -3.56. The van der Waals surface area contributed by atoms with Crippen LogP contribution < -0.4 is 15.0 Å². The molecule has 294 valence electrons. The lowest BCUT2D eigenvalue weighted by Gasteiger charge is -2.42. The van der Waals surface area contributed by atoms with Crippen LogP contribution in [0.15, 0.2) is 35.9 Å². The number of thiocarbonyl (C=S) groups is 1. The summed E-state index contributed by atoms with van der Waals surface area (Å²) in [5.41, 5.74) is -0.878. The number of nitrogens with one attached hydrogen (secondary N) is 1. The summed E-state index contributed by atoms with van der Waals surface area (Å²) in [7, 11) is 6.04. The third kappa shape index (κ3) is 10.2. The number of hydrogen-bond donors (Lipinski definition) is 2. The van der Waals surface area contributed by atoms with E-state index in [0.717, 1.165) is 11.1 Å². The SMILES string of the molecule is C=S.COc1cc2cc(c1Cl)N(C)C(=O)C[C@H](OC(=O)[C@H](C)N(C)C(=O)CC(C)C)[C@]1(C)O[C@H]1[C@H](C)[C@@H]1C[C@@](O)(NC(=O)O1)[C@H](OC)/C=C/C=C(\C)C2. The molecule has 4 bridgehead atoms. The van der Waals surface area contributed by atoms with Gasteiger partial charge in [0.15, 0.2) is 5.72 Å². The summed E-state index contributed by atoms with van der Waals surface area (Å²) in [5.74, 6) is 1.43. The number of nitrogens with zero attached hydrogens (tertiary/aromatic N) is 2. The zero-order chi connectivity index (χ0) is 40.0. The Morgan fingerprint density at radius 3 is 2.49 bits per heavy atom. The van der Waals surface area contributed by atoms with E-state index in [-0.39, 0.29) is 36.1 Å². The summed E-state index contributed by atoms with van der Waals surface area (Å²) in [6, 6.07) is 2.64. The zero-order valence-electron chi connectivity index (χ0n) is 32.3. The molecule has 3 aliphatic rings. The highest BCUT2D eigenvalue weighted by molar-refractivity contribution is 7.77. The first-order valence-corrected chi connectivity index (χ1v) is 18.4. The number of esters is 1. The van der Waals surface area contributed by atoms with E-state index in [4.69, 9.17) is 35.3 Å². The van der Waals surface area contributed by atoms with E-state index in [9.17, 15) is 24.3 Å². The number of ether oxygens (including phenoxy) is 5. The molecular weight excluding hydrogens is 726 g/mol. The van der Waals surface area contributed by atoms with Crippen LogP contribution in [0.5, 0.6) is 5.75 Å². The van der Waals surface area contributed by atoms with Crippen molar-refractivity contribution in [2.45, 2.75) is 109 Å². The van der Waals surface area contributed by atoms with E-state index in [1.807, 2.05) is 26.8 Å². The van der Waals surface area contributed by atoms with Crippen molar-refractivity contribution in [1.29, 1.82) is 0 Å². The van der Waals surface area contributed by atoms with E-state index in [1.54, 1.807) is 52.1 Å². The Bertz CT molecular complexity index is 1590. The van der Waals surface area contributed by atoms with Crippen molar-refractivity contribution in [2.24, 2.45) is 11.8 Å². The molecule has 15 heteroatoms. The molecule has 0 spiro atoms. The largest absolute Gasteiger partial charge is 0.495 e. The van der Waals surface area contributed by atoms with Gasteiger partial charge >= 0.3 is 12.1 Å². The van der Waals surface area contributed by atoms with Gasteiger partial charge in [0.05, 0.1) is 25.3 Å². The maximum absolute atomic E-state index is 14.1. The second-order valence-electron chi connectivity index (χ2n) is 14.5. The first kappa shape index (κ1) is 43.8. The number of benzene rings is 1. The number of methoxy groups -OCH3 is 2. The summed E-state index contributed by atoms with van der Waals surface area (Å²) in [5, 5.41) is 14.5. The van der Waals surface area contributed by atoms with Crippen LogP contribution in [0.25, 0.3) is 0 Å². The first-order valence-electron chi connectivity index (χ1n) is 17.5. The maximum atomic E-state index is 14.1. The van der Waals surface area contributed by atoms with E-state index in [1.165, 1.54) is 31.1 Å². The van der Waals surface area contributed by atoms with Crippen molar-refractivity contribution in [3.63, 3.8) is 0 Å². The fraction of sp³-hybridized carbons (Fsp3) is 0.605. The predicted molar refractivity (Wildman–Crippen MR) is 205 cm³/mol. The fourth-order valence-corrected chi connectivity index (χ4v) is 7.02. The number of halogens is 1. The van der Waals surface area contributed by atoms with Crippen LogP contribution in [0.3, 0.4) is 0 Å². The molecule has 1 aromatic rings. The van der Waals surface area contributed by atoms with Gasteiger partial charge in [-0.25, -0.2) is 9.59 Å². The molecule has 0 saturated carbocycles. The number of hydrogen-bond acceptors (Lipinski definition) is 11. The summed E-state index contributed by atoms with van der Waals surface area (Å²) < 4.78 is 29.2. The number of likely N-dealkylation sites (N-methyl/N-ethyl adjacent to an activating group) is 1. The van der Waals surface area contributed by atoms with Gasteiger partial charge in [-0.05, 0) is 56.7 Å². The molecular formula is C38H54ClN3O10S. The van der Waals surface area contributed by atoms with Crippen molar-refractivity contribution in [2.75, 3.05) is 33.2 Å². The van der Waals surface area contributed by atoms with Crippen molar-refractivity contribution < 1.29 is 48.0 Å². The van der Waals surface area contributed by atoms with Crippen molar-refractivity contribution >= 4 is 59.3 Å². The fourth-order valence-electron chi connectivity index (χ4n) is 6.71. The lowest BCUT2D eigenvalue weighted by Crippen LogP contribution is -2.63. The number of epoxide rings is 1. The highest BCUT2D eigenvalue weighted by Crippen LogP contribution is 2.49. The molecule has 1 aromatic carbocycles.